The van der Waals surface area contributed by atoms with Crippen molar-refractivity contribution in [1.29, 1.82) is 0 Å². The SMILES string of the molecule is CCNC(C)C(Cc1ccn(C(C)CC)n1)C(C)C. The van der Waals surface area contributed by atoms with Gasteiger partial charge in [0.1, 0.15) is 0 Å². The van der Waals surface area contributed by atoms with Gasteiger partial charge in [0.25, 0.3) is 0 Å². The Hall–Kier alpha value is -0.830. The van der Waals surface area contributed by atoms with Gasteiger partial charge in [-0.05, 0) is 51.1 Å². The summed E-state index contributed by atoms with van der Waals surface area (Å²) in [4.78, 5) is 0. The lowest BCUT2D eigenvalue weighted by molar-refractivity contribution is 0.288. The maximum absolute atomic E-state index is 4.73. The minimum atomic E-state index is 0.498. The summed E-state index contributed by atoms with van der Waals surface area (Å²) in [6.45, 7) is 14.5. The molecule has 1 N–H and O–H groups in total. The molecule has 1 aromatic heterocycles. The van der Waals surface area contributed by atoms with E-state index >= 15 is 0 Å². The van der Waals surface area contributed by atoms with E-state index in [0.29, 0.717) is 23.9 Å². The van der Waals surface area contributed by atoms with Crippen molar-refractivity contribution in [3.8, 4) is 0 Å². The van der Waals surface area contributed by atoms with Gasteiger partial charge in [0.15, 0.2) is 0 Å². The predicted octanol–water partition coefficient (Wildman–Crippen LogP) is 3.67. The molecule has 0 aromatic carbocycles. The van der Waals surface area contributed by atoms with Crippen LogP contribution in [0.2, 0.25) is 0 Å². The van der Waals surface area contributed by atoms with E-state index < -0.39 is 0 Å². The number of aromatic nitrogens is 2. The lowest BCUT2D eigenvalue weighted by Crippen LogP contribution is -2.37. The van der Waals surface area contributed by atoms with Gasteiger partial charge < -0.3 is 5.32 Å². The summed E-state index contributed by atoms with van der Waals surface area (Å²) >= 11 is 0. The molecule has 0 aliphatic rings. The van der Waals surface area contributed by atoms with E-state index in [1.807, 2.05) is 0 Å². The Labute approximate surface area is 118 Å². The molecule has 0 aliphatic heterocycles. The van der Waals surface area contributed by atoms with Crippen LogP contribution in [0.5, 0.6) is 0 Å². The Morgan fingerprint density at radius 3 is 2.42 bits per heavy atom. The van der Waals surface area contributed by atoms with Crippen LogP contribution in [0.15, 0.2) is 12.3 Å². The summed E-state index contributed by atoms with van der Waals surface area (Å²) in [5, 5.41) is 8.29. The van der Waals surface area contributed by atoms with E-state index in [1.54, 1.807) is 0 Å². The average molecular weight is 265 g/mol. The highest BCUT2D eigenvalue weighted by atomic mass is 15.3. The molecule has 0 bridgehead atoms. The largest absolute Gasteiger partial charge is 0.314 e. The molecule has 0 fully saturated rings. The van der Waals surface area contributed by atoms with Crippen molar-refractivity contribution in [2.24, 2.45) is 11.8 Å². The van der Waals surface area contributed by atoms with Gasteiger partial charge in [0.05, 0.1) is 5.69 Å². The number of hydrogen-bond acceptors (Lipinski definition) is 2. The maximum Gasteiger partial charge on any atom is 0.0628 e. The molecule has 0 saturated carbocycles. The van der Waals surface area contributed by atoms with Gasteiger partial charge in [-0.2, -0.15) is 5.10 Å². The normalized spacial score (nSPS) is 16.6. The van der Waals surface area contributed by atoms with Crippen molar-refractivity contribution < 1.29 is 0 Å². The first-order chi connectivity index (χ1) is 8.99. The van der Waals surface area contributed by atoms with Gasteiger partial charge >= 0.3 is 0 Å². The third-order valence-electron chi connectivity index (χ3n) is 4.18. The summed E-state index contributed by atoms with van der Waals surface area (Å²) in [6.07, 6.45) is 4.32. The molecule has 0 aliphatic carbocycles. The van der Waals surface area contributed by atoms with E-state index in [2.05, 4.69) is 63.8 Å². The molecule has 3 nitrogen and oxygen atoms in total. The van der Waals surface area contributed by atoms with E-state index in [0.717, 1.165) is 19.4 Å². The molecule has 3 heteroatoms. The molecule has 0 saturated heterocycles. The highest BCUT2D eigenvalue weighted by Gasteiger charge is 2.21. The van der Waals surface area contributed by atoms with Gasteiger partial charge in [-0.25, -0.2) is 0 Å². The summed E-state index contributed by atoms with van der Waals surface area (Å²) in [6, 6.07) is 3.22. The molecule has 0 spiro atoms. The second-order valence-electron chi connectivity index (χ2n) is 6.00. The van der Waals surface area contributed by atoms with Crippen molar-refractivity contribution in [3.63, 3.8) is 0 Å². The van der Waals surface area contributed by atoms with E-state index in [-0.39, 0.29) is 0 Å². The Kier molecular flexibility index (Phi) is 6.56. The van der Waals surface area contributed by atoms with Gasteiger partial charge in [-0.15, -0.1) is 0 Å². The Balaban J connectivity index is 2.71. The highest BCUT2D eigenvalue weighted by molar-refractivity contribution is 5.02. The fraction of sp³-hybridized carbons (Fsp3) is 0.812. The molecule has 110 valence electrons. The van der Waals surface area contributed by atoms with Crippen LogP contribution in [0.25, 0.3) is 0 Å². The number of nitrogens with one attached hydrogen (secondary N) is 1. The van der Waals surface area contributed by atoms with E-state index in [4.69, 9.17) is 5.10 Å². The molecule has 1 aromatic rings. The Morgan fingerprint density at radius 1 is 1.21 bits per heavy atom. The zero-order valence-electron chi connectivity index (χ0n) is 13.5. The van der Waals surface area contributed by atoms with E-state index in [1.165, 1.54) is 5.69 Å². The van der Waals surface area contributed by atoms with Crippen LogP contribution >= 0.6 is 0 Å². The molecule has 3 unspecified atom stereocenters. The summed E-state index contributed by atoms with van der Waals surface area (Å²) < 4.78 is 2.10. The zero-order valence-corrected chi connectivity index (χ0v) is 13.5. The summed E-state index contributed by atoms with van der Waals surface area (Å²) in [7, 11) is 0. The van der Waals surface area contributed by atoms with Crippen molar-refractivity contribution in [2.45, 2.75) is 66.5 Å². The number of hydrogen-bond donors (Lipinski definition) is 1. The zero-order chi connectivity index (χ0) is 14.4. The van der Waals surface area contributed by atoms with Crippen LogP contribution in [0.3, 0.4) is 0 Å². The molecule has 1 rings (SSSR count). The third-order valence-corrected chi connectivity index (χ3v) is 4.18. The number of nitrogens with zero attached hydrogens (tertiary/aromatic N) is 2. The first-order valence-corrected chi connectivity index (χ1v) is 7.76. The molecule has 19 heavy (non-hydrogen) atoms. The molecule has 0 radical (unpaired) electrons. The van der Waals surface area contributed by atoms with Gasteiger partial charge in [0.2, 0.25) is 0 Å². The second kappa shape index (κ2) is 7.68. The van der Waals surface area contributed by atoms with Crippen LogP contribution < -0.4 is 5.32 Å². The molecule has 0 amide bonds. The van der Waals surface area contributed by atoms with Gasteiger partial charge in [0, 0.05) is 18.3 Å². The average Bonchev–Trinajstić information content (AvgIpc) is 2.83. The maximum atomic E-state index is 4.73. The summed E-state index contributed by atoms with van der Waals surface area (Å²) in [5.74, 6) is 1.31. The smallest absolute Gasteiger partial charge is 0.0628 e. The van der Waals surface area contributed by atoms with Crippen LogP contribution in [0.1, 0.15) is 59.7 Å². The van der Waals surface area contributed by atoms with Crippen LogP contribution in [-0.2, 0) is 6.42 Å². The minimum Gasteiger partial charge on any atom is -0.314 e. The van der Waals surface area contributed by atoms with Crippen molar-refractivity contribution in [3.05, 3.63) is 18.0 Å². The fourth-order valence-electron chi connectivity index (χ4n) is 2.62. The first kappa shape index (κ1) is 16.2. The summed E-state index contributed by atoms with van der Waals surface area (Å²) in [5.41, 5.74) is 1.23. The molecule has 3 atom stereocenters. The predicted molar refractivity (Wildman–Crippen MR) is 82.4 cm³/mol. The Morgan fingerprint density at radius 2 is 1.89 bits per heavy atom. The molecular formula is C16H31N3. The topological polar surface area (TPSA) is 29.9 Å². The number of rotatable bonds is 8. The van der Waals surface area contributed by atoms with E-state index in [9.17, 15) is 0 Å². The fourth-order valence-corrected chi connectivity index (χ4v) is 2.62. The minimum absolute atomic E-state index is 0.498. The van der Waals surface area contributed by atoms with Crippen molar-refractivity contribution in [1.82, 2.24) is 15.1 Å². The lowest BCUT2D eigenvalue weighted by Gasteiger charge is -2.27. The first-order valence-electron chi connectivity index (χ1n) is 7.76. The molecule has 1 heterocycles. The van der Waals surface area contributed by atoms with Gasteiger partial charge in [-0.3, -0.25) is 4.68 Å². The Bertz CT molecular complexity index is 357. The standard InChI is InChI=1S/C16H31N3/c1-7-13(5)19-10-9-15(18-19)11-16(12(3)4)14(6)17-8-2/h9-10,12-14,16-17H,7-8,11H2,1-6H3. The van der Waals surface area contributed by atoms with Crippen LogP contribution in [0, 0.1) is 11.8 Å². The van der Waals surface area contributed by atoms with Crippen LogP contribution in [0.4, 0.5) is 0 Å². The third kappa shape index (κ3) is 4.64. The van der Waals surface area contributed by atoms with Crippen LogP contribution in [-0.4, -0.2) is 22.4 Å². The monoisotopic (exact) mass is 265 g/mol. The lowest BCUT2D eigenvalue weighted by atomic mass is 9.85. The second-order valence-corrected chi connectivity index (χ2v) is 6.00. The quantitative estimate of drug-likeness (QED) is 0.777. The molecular weight excluding hydrogens is 234 g/mol. The van der Waals surface area contributed by atoms with Crippen molar-refractivity contribution >= 4 is 0 Å². The van der Waals surface area contributed by atoms with Crippen molar-refractivity contribution in [2.75, 3.05) is 6.54 Å². The van der Waals surface area contributed by atoms with Gasteiger partial charge in [-0.1, -0.05) is 27.7 Å². The highest BCUT2D eigenvalue weighted by Crippen LogP contribution is 2.21.